The smallest absolute Gasteiger partial charge is 0.137 e. The molecule has 0 amide bonds. The molecule has 1 aliphatic carbocycles. The van der Waals surface area contributed by atoms with Gasteiger partial charge in [0.05, 0.1) is 0 Å². The Hall–Kier alpha value is -0.370. The van der Waals surface area contributed by atoms with Crippen LogP contribution < -0.4 is 5.32 Å². The first-order chi connectivity index (χ1) is 8.31. The fourth-order valence-electron chi connectivity index (χ4n) is 3.60. The zero-order valence-corrected chi connectivity index (χ0v) is 11.2. The van der Waals surface area contributed by atoms with E-state index in [1.807, 2.05) is 0 Å². The minimum Gasteiger partial charge on any atom is -0.313 e. The van der Waals surface area contributed by atoms with Crippen molar-refractivity contribution in [2.75, 3.05) is 6.54 Å². The Balaban J connectivity index is 1.93. The van der Waals surface area contributed by atoms with Gasteiger partial charge in [-0.15, -0.1) is 0 Å². The first kappa shape index (κ1) is 13.1. The molecule has 3 unspecified atom stereocenters. The van der Waals surface area contributed by atoms with Crippen molar-refractivity contribution < 1.29 is 4.79 Å². The lowest BCUT2D eigenvalue weighted by Gasteiger charge is -2.33. The van der Waals surface area contributed by atoms with Crippen LogP contribution in [0.25, 0.3) is 0 Å². The Morgan fingerprint density at radius 3 is 2.94 bits per heavy atom. The van der Waals surface area contributed by atoms with E-state index in [-0.39, 0.29) is 0 Å². The molecule has 1 N–H and O–H groups in total. The second-order valence-corrected chi connectivity index (χ2v) is 5.91. The first-order valence-corrected chi connectivity index (χ1v) is 7.57. The second kappa shape index (κ2) is 6.53. The third-order valence-electron chi connectivity index (χ3n) is 4.58. The summed E-state index contributed by atoms with van der Waals surface area (Å²) in [6.45, 7) is 3.38. The molecule has 0 spiro atoms. The summed E-state index contributed by atoms with van der Waals surface area (Å²) in [5, 5.41) is 3.62. The van der Waals surface area contributed by atoms with Gasteiger partial charge in [0.25, 0.3) is 0 Å². The highest BCUT2D eigenvalue weighted by Crippen LogP contribution is 2.33. The molecule has 98 valence electrons. The summed E-state index contributed by atoms with van der Waals surface area (Å²) >= 11 is 0. The number of rotatable bonds is 3. The van der Waals surface area contributed by atoms with Gasteiger partial charge in [0.15, 0.2) is 0 Å². The van der Waals surface area contributed by atoms with Gasteiger partial charge in [0.2, 0.25) is 0 Å². The number of nitrogens with one attached hydrogen (secondary N) is 1. The molecule has 1 heterocycles. The van der Waals surface area contributed by atoms with Crippen LogP contribution in [-0.2, 0) is 4.79 Å². The standard InChI is InChI=1S/C15H27NO/c1-2-6-12-8-9-15(17)13(11-12)14-7-4-3-5-10-16-14/h12-14,16H,2-11H2,1H3. The average Bonchev–Trinajstić information content (AvgIpc) is 2.60. The van der Waals surface area contributed by atoms with E-state index in [0.29, 0.717) is 17.7 Å². The maximum absolute atomic E-state index is 12.1. The van der Waals surface area contributed by atoms with Gasteiger partial charge < -0.3 is 5.32 Å². The topological polar surface area (TPSA) is 29.1 Å². The number of ketones is 1. The first-order valence-electron chi connectivity index (χ1n) is 7.57. The molecule has 0 aromatic rings. The minimum atomic E-state index is 0.332. The van der Waals surface area contributed by atoms with Crippen LogP contribution in [0.5, 0.6) is 0 Å². The van der Waals surface area contributed by atoms with Crippen molar-refractivity contribution >= 4 is 5.78 Å². The van der Waals surface area contributed by atoms with Crippen LogP contribution in [0, 0.1) is 11.8 Å². The maximum atomic E-state index is 12.1. The molecule has 0 bridgehead atoms. The van der Waals surface area contributed by atoms with Gasteiger partial charge in [-0.2, -0.15) is 0 Å². The largest absolute Gasteiger partial charge is 0.313 e. The molecule has 1 aliphatic heterocycles. The zero-order chi connectivity index (χ0) is 12.1. The number of hydrogen-bond donors (Lipinski definition) is 1. The van der Waals surface area contributed by atoms with Gasteiger partial charge in [-0.1, -0.05) is 32.6 Å². The summed E-state index contributed by atoms with van der Waals surface area (Å²) in [5.41, 5.74) is 0. The summed E-state index contributed by atoms with van der Waals surface area (Å²) in [6.07, 6.45) is 10.9. The predicted molar refractivity (Wildman–Crippen MR) is 71.0 cm³/mol. The average molecular weight is 237 g/mol. The van der Waals surface area contributed by atoms with E-state index in [4.69, 9.17) is 0 Å². The lowest BCUT2D eigenvalue weighted by atomic mass is 9.74. The number of carbonyl (C=O) groups excluding carboxylic acids is 1. The SMILES string of the molecule is CCCC1CCC(=O)C(C2CCCCCN2)C1. The third-order valence-corrected chi connectivity index (χ3v) is 4.58. The normalized spacial score (nSPS) is 35.6. The van der Waals surface area contributed by atoms with E-state index in [2.05, 4.69) is 12.2 Å². The van der Waals surface area contributed by atoms with Crippen LogP contribution in [0.15, 0.2) is 0 Å². The highest BCUT2D eigenvalue weighted by molar-refractivity contribution is 5.82. The van der Waals surface area contributed by atoms with Crippen molar-refractivity contribution in [2.24, 2.45) is 11.8 Å². The highest BCUT2D eigenvalue weighted by Gasteiger charge is 2.33. The summed E-state index contributed by atoms with van der Waals surface area (Å²) in [4.78, 5) is 12.1. The monoisotopic (exact) mass is 237 g/mol. The quantitative estimate of drug-likeness (QED) is 0.816. The van der Waals surface area contributed by atoms with Crippen LogP contribution in [0.1, 0.15) is 64.7 Å². The fraction of sp³-hybridized carbons (Fsp3) is 0.933. The maximum Gasteiger partial charge on any atom is 0.137 e. The minimum absolute atomic E-state index is 0.332. The van der Waals surface area contributed by atoms with Gasteiger partial charge in [-0.3, -0.25) is 4.79 Å². The summed E-state index contributed by atoms with van der Waals surface area (Å²) in [6, 6.07) is 0.490. The molecule has 2 rings (SSSR count). The Labute approximate surface area is 106 Å². The molecule has 2 aliphatic rings. The number of carbonyl (C=O) groups is 1. The van der Waals surface area contributed by atoms with Crippen LogP contribution in [-0.4, -0.2) is 18.4 Å². The van der Waals surface area contributed by atoms with E-state index in [1.165, 1.54) is 38.5 Å². The lowest BCUT2D eigenvalue weighted by Crippen LogP contribution is -2.42. The van der Waals surface area contributed by atoms with Crippen molar-refractivity contribution in [3.63, 3.8) is 0 Å². The fourth-order valence-corrected chi connectivity index (χ4v) is 3.60. The van der Waals surface area contributed by atoms with Gasteiger partial charge >= 0.3 is 0 Å². The van der Waals surface area contributed by atoms with E-state index in [0.717, 1.165) is 31.7 Å². The lowest BCUT2D eigenvalue weighted by molar-refractivity contribution is -0.126. The molecule has 0 aromatic carbocycles. The van der Waals surface area contributed by atoms with Gasteiger partial charge in [-0.25, -0.2) is 0 Å². The van der Waals surface area contributed by atoms with Crippen molar-refractivity contribution in [3.05, 3.63) is 0 Å². The highest BCUT2D eigenvalue weighted by atomic mass is 16.1. The molecule has 17 heavy (non-hydrogen) atoms. The molecule has 2 heteroatoms. The number of Topliss-reactive ketones (excluding diaryl/α,β-unsaturated/α-hetero) is 1. The molecule has 0 aromatic heterocycles. The van der Waals surface area contributed by atoms with Crippen LogP contribution in [0.3, 0.4) is 0 Å². The van der Waals surface area contributed by atoms with Gasteiger partial charge in [0, 0.05) is 18.4 Å². The summed E-state index contributed by atoms with van der Waals surface area (Å²) in [7, 11) is 0. The Morgan fingerprint density at radius 2 is 2.12 bits per heavy atom. The molecule has 1 saturated heterocycles. The van der Waals surface area contributed by atoms with Crippen LogP contribution >= 0.6 is 0 Å². The molecule has 2 fully saturated rings. The number of hydrogen-bond acceptors (Lipinski definition) is 2. The van der Waals surface area contributed by atoms with Crippen molar-refractivity contribution in [2.45, 2.75) is 70.8 Å². The van der Waals surface area contributed by atoms with Crippen molar-refractivity contribution in [1.29, 1.82) is 0 Å². The van der Waals surface area contributed by atoms with Gasteiger partial charge in [0.1, 0.15) is 5.78 Å². The molecular weight excluding hydrogens is 210 g/mol. The molecule has 2 nitrogen and oxygen atoms in total. The Bertz CT molecular complexity index is 243. The molecule has 0 radical (unpaired) electrons. The van der Waals surface area contributed by atoms with Crippen LogP contribution in [0.2, 0.25) is 0 Å². The Morgan fingerprint density at radius 1 is 1.24 bits per heavy atom. The van der Waals surface area contributed by atoms with E-state index < -0.39 is 0 Å². The predicted octanol–water partition coefficient (Wildman–Crippen LogP) is 3.30. The van der Waals surface area contributed by atoms with Crippen molar-refractivity contribution in [3.8, 4) is 0 Å². The second-order valence-electron chi connectivity index (χ2n) is 5.91. The Kier molecular flexibility index (Phi) is 5.02. The third kappa shape index (κ3) is 3.54. The molecular formula is C15H27NO. The summed E-state index contributed by atoms with van der Waals surface area (Å²) < 4.78 is 0. The zero-order valence-electron chi connectivity index (χ0n) is 11.2. The van der Waals surface area contributed by atoms with Crippen molar-refractivity contribution in [1.82, 2.24) is 5.32 Å². The van der Waals surface area contributed by atoms with E-state index in [1.54, 1.807) is 0 Å². The van der Waals surface area contributed by atoms with Crippen LogP contribution in [0.4, 0.5) is 0 Å². The molecule has 3 atom stereocenters. The van der Waals surface area contributed by atoms with Gasteiger partial charge in [-0.05, 0) is 38.1 Å². The van der Waals surface area contributed by atoms with E-state index in [9.17, 15) is 4.79 Å². The molecule has 1 saturated carbocycles. The van der Waals surface area contributed by atoms with E-state index >= 15 is 0 Å². The summed E-state index contributed by atoms with van der Waals surface area (Å²) in [5.74, 6) is 1.68.